The summed E-state index contributed by atoms with van der Waals surface area (Å²) >= 11 is 39.2. The predicted molar refractivity (Wildman–Crippen MR) is 149 cm³/mol. The molecule has 0 radical (unpaired) electrons. The fourth-order valence-electron chi connectivity index (χ4n) is 5.60. The summed E-state index contributed by atoms with van der Waals surface area (Å²) in [5.74, 6) is -4.05. The van der Waals surface area contributed by atoms with Crippen molar-refractivity contribution < 1.29 is 14.4 Å². The Kier molecular flexibility index (Phi) is 6.62. The summed E-state index contributed by atoms with van der Waals surface area (Å²) in [6, 6.07) is 12.0. The van der Waals surface area contributed by atoms with E-state index in [-0.39, 0.29) is 21.7 Å². The molecule has 2 bridgehead atoms. The standard InChI is InChI=1S/C26H20Cl6N2O3/c1-3-12-6-5-7-13(4-2)18(12)33-21(35)14-8-10-15(11-9-14)34-22(36)16-17(23(34)37)25(30)20(28)19(27)24(16,29)26(25,31)32/h5-11,16-17H,3-4H2,1-2H3,(H,33,35)/t16-,17+,24-,25-/m1/s1. The number of hydrogen-bond acceptors (Lipinski definition) is 3. The Hall–Kier alpha value is -1.47. The number of fused-ring (bicyclic) bond motifs is 5. The maximum atomic E-state index is 13.5. The quantitative estimate of drug-likeness (QED) is 0.289. The van der Waals surface area contributed by atoms with Crippen LogP contribution in [0.25, 0.3) is 0 Å². The molecule has 1 saturated carbocycles. The van der Waals surface area contributed by atoms with Crippen LogP contribution in [0.15, 0.2) is 52.5 Å². The van der Waals surface area contributed by atoms with Gasteiger partial charge < -0.3 is 5.32 Å². The molecular weight excluding hydrogens is 601 g/mol. The minimum atomic E-state index is -1.99. The molecule has 3 aliphatic rings. The predicted octanol–water partition coefficient (Wildman–Crippen LogP) is 7.01. The van der Waals surface area contributed by atoms with E-state index in [0.717, 1.165) is 34.6 Å². The molecule has 0 unspecified atom stereocenters. The van der Waals surface area contributed by atoms with Gasteiger partial charge in [0, 0.05) is 11.3 Å². The van der Waals surface area contributed by atoms with Crippen LogP contribution in [0.1, 0.15) is 35.3 Å². The fourth-order valence-corrected chi connectivity index (χ4v) is 8.53. The van der Waals surface area contributed by atoms with Crippen molar-refractivity contribution in [3.05, 3.63) is 69.2 Å². The van der Waals surface area contributed by atoms with Crippen LogP contribution in [0, 0.1) is 11.8 Å². The number of carbonyl (C=O) groups is 3. The smallest absolute Gasteiger partial charge is 0.255 e. The molecule has 5 rings (SSSR count). The van der Waals surface area contributed by atoms with Crippen LogP contribution >= 0.6 is 69.6 Å². The van der Waals surface area contributed by atoms with Crippen molar-refractivity contribution in [2.45, 2.75) is 40.8 Å². The molecule has 4 atom stereocenters. The van der Waals surface area contributed by atoms with Crippen LogP contribution in [0.2, 0.25) is 0 Å². The SMILES string of the molecule is CCc1cccc(CC)c1NC(=O)c1ccc(N2C(=O)[C@@H]3[C@H](C2=O)[C@@]2(Cl)C(Cl)=C(Cl)[C@@]3(Cl)C2(Cl)Cl)cc1. The number of anilines is 2. The van der Waals surface area contributed by atoms with Gasteiger partial charge in [0.2, 0.25) is 11.8 Å². The largest absolute Gasteiger partial charge is 0.321 e. The molecule has 2 aromatic carbocycles. The molecule has 2 fully saturated rings. The van der Waals surface area contributed by atoms with E-state index in [1.54, 1.807) is 0 Å². The number of allylic oxidation sites excluding steroid dienone is 2. The second kappa shape index (κ2) is 9.04. The Morgan fingerprint density at radius 1 is 0.838 bits per heavy atom. The first-order valence-corrected chi connectivity index (χ1v) is 13.9. The van der Waals surface area contributed by atoms with E-state index in [1.807, 2.05) is 32.0 Å². The number of amides is 3. The number of hydrogen-bond donors (Lipinski definition) is 1. The van der Waals surface area contributed by atoms with Crippen molar-refractivity contribution >= 4 is 98.7 Å². The van der Waals surface area contributed by atoms with Gasteiger partial charge in [-0.05, 0) is 48.2 Å². The summed E-state index contributed by atoms with van der Waals surface area (Å²) in [6.07, 6.45) is 1.53. The van der Waals surface area contributed by atoms with Crippen molar-refractivity contribution in [2.24, 2.45) is 11.8 Å². The Balaban J connectivity index is 1.44. The third-order valence-electron chi connectivity index (χ3n) is 7.53. The summed E-state index contributed by atoms with van der Waals surface area (Å²) in [5, 5.41) is 2.70. The summed E-state index contributed by atoms with van der Waals surface area (Å²) in [5.41, 5.74) is 3.45. The molecule has 5 nitrogen and oxygen atoms in total. The molecule has 0 aromatic heterocycles. The Morgan fingerprint density at radius 3 is 1.73 bits per heavy atom. The third-order valence-corrected chi connectivity index (χ3v) is 11.8. The minimum absolute atomic E-state index is 0.147. The van der Waals surface area contributed by atoms with Gasteiger partial charge in [-0.25, -0.2) is 4.90 Å². The average molecular weight is 621 g/mol. The van der Waals surface area contributed by atoms with Crippen molar-refractivity contribution in [1.82, 2.24) is 0 Å². The topological polar surface area (TPSA) is 66.5 Å². The summed E-state index contributed by atoms with van der Waals surface area (Å²) in [6.45, 7) is 4.05. The number of nitrogens with zero attached hydrogens (tertiary/aromatic N) is 1. The maximum absolute atomic E-state index is 13.5. The van der Waals surface area contributed by atoms with E-state index in [1.165, 1.54) is 24.3 Å². The zero-order valence-corrected chi connectivity index (χ0v) is 24.1. The number of carbonyl (C=O) groups excluding carboxylic acids is 3. The van der Waals surface area contributed by atoms with E-state index in [9.17, 15) is 14.4 Å². The maximum Gasteiger partial charge on any atom is 0.255 e. The van der Waals surface area contributed by atoms with Gasteiger partial charge in [0.05, 0.1) is 27.6 Å². The van der Waals surface area contributed by atoms with Gasteiger partial charge in [-0.2, -0.15) is 0 Å². The molecule has 2 aliphatic carbocycles. The van der Waals surface area contributed by atoms with Gasteiger partial charge in [0.1, 0.15) is 9.75 Å². The van der Waals surface area contributed by atoms with Crippen LogP contribution in [0.4, 0.5) is 11.4 Å². The van der Waals surface area contributed by atoms with Gasteiger partial charge >= 0.3 is 0 Å². The first-order valence-electron chi connectivity index (χ1n) is 11.6. The molecule has 37 heavy (non-hydrogen) atoms. The van der Waals surface area contributed by atoms with E-state index in [4.69, 9.17) is 69.6 Å². The Bertz CT molecular complexity index is 1320. The van der Waals surface area contributed by atoms with Gasteiger partial charge in [0.15, 0.2) is 4.33 Å². The number of rotatable bonds is 5. The van der Waals surface area contributed by atoms with Crippen molar-refractivity contribution in [1.29, 1.82) is 0 Å². The molecule has 0 spiro atoms. The molecule has 1 N–H and O–H groups in total. The van der Waals surface area contributed by atoms with Crippen LogP contribution in [-0.4, -0.2) is 31.8 Å². The van der Waals surface area contributed by atoms with E-state index >= 15 is 0 Å². The number of aryl methyl sites for hydroxylation is 2. The molecule has 11 heteroatoms. The zero-order chi connectivity index (χ0) is 27.1. The monoisotopic (exact) mass is 618 g/mol. The molecule has 3 amide bonds. The number of alkyl halides is 4. The lowest BCUT2D eigenvalue weighted by atomic mass is 9.84. The van der Waals surface area contributed by atoms with Crippen molar-refractivity contribution in [2.75, 3.05) is 10.2 Å². The lowest BCUT2D eigenvalue weighted by Crippen LogP contribution is -2.50. The number of benzene rings is 2. The van der Waals surface area contributed by atoms with Crippen molar-refractivity contribution in [3.63, 3.8) is 0 Å². The number of nitrogens with one attached hydrogen (secondary N) is 1. The van der Waals surface area contributed by atoms with Gasteiger partial charge in [-0.3, -0.25) is 14.4 Å². The van der Waals surface area contributed by atoms with E-state index < -0.39 is 37.7 Å². The lowest BCUT2D eigenvalue weighted by molar-refractivity contribution is -0.123. The van der Waals surface area contributed by atoms with Gasteiger partial charge in [0.25, 0.3) is 5.91 Å². The normalized spacial score (nSPS) is 29.8. The summed E-state index contributed by atoms with van der Waals surface area (Å²) in [4.78, 5) is 37.3. The second-order valence-electron chi connectivity index (χ2n) is 9.25. The second-order valence-corrected chi connectivity index (χ2v) is 12.5. The molecule has 194 valence electrons. The molecule has 2 aromatic rings. The highest BCUT2D eigenvalue weighted by atomic mass is 35.5. The molecule has 1 saturated heterocycles. The van der Waals surface area contributed by atoms with E-state index in [2.05, 4.69) is 5.32 Å². The lowest BCUT2D eigenvalue weighted by Gasteiger charge is -2.34. The van der Waals surface area contributed by atoms with Crippen LogP contribution in [-0.2, 0) is 22.4 Å². The highest BCUT2D eigenvalue weighted by Crippen LogP contribution is 2.77. The molecular formula is C26H20Cl6N2O3. The fraction of sp³-hybridized carbons (Fsp3) is 0.346. The van der Waals surface area contributed by atoms with Gasteiger partial charge in [-0.1, -0.05) is 78.5 Å². The van der Waals surface area contributed by atoms with Crippen LogP contribution < -0.4 is 10.2 Å². The number of para-hydroxylation sites is 1. The van der Waals surface area contributed by atoms with Crippen LogP contribution in [0.3, 0.4) is 0 Å². The number of imide groups is 1. The van der Waals surface area contributed by atoms with E-state index in [0.29, 0.717) is 5.56 Å². The summed E-state index contributed by atoms with van der Waals surface area (Å²) in [7, 11) is 0. The Morgan fingerprint density at radius 2 is 1.30 bits per heavy atom. The average Bonchev–Trinajstić information content (AvgIpc) is 3.27. The first kappa shape index (κ1) is 27.1. The number of halogens is 6. The Labute approximate surface area is 244 Å². The highest BCUT2D eigenvalue weighted by Gasteiger charge is 2.87. The summed E-state index contributed by atoms with van der Waals surface area (Å²) < 4.78 is -1.99. The zero-order valence-electron chi connectivity index (χ0n) is 19.6. The third kappa shape index (κ3) is 3.34. The van der Waals surface area contributed by atoms with Crippen LogP contribution in [0.5, 0.6) is 0 Å². The highest BCUT2D eigenvalue weighted by molar-refractivity contribution is 6.67. The van der Waals surface area contributed by atoms with Gasteiger partial charge in [-0.15, -0.1) is 23.2 Å². The molecule has 1 aliphatic heterocycles. The first-order chi connectivity index (χ1) is 17.4. The van der Waals surface area contributed by atoms with Crippen molar-refractivity contribution in [3.8, 4) is 0 Å². The minimum Gasteiger partial charge on any atom is -0.321 e. The molecule has 1 heterocycles.